The number of carbonyl (C=O) groups excluding carboxylic acids is 1. The third-order valence-corrected chi connectivity index (χ3v) is 1.26. The average Bonchev–Trinajstić information content (AvgIpc) is 2.01. The van der Waals surface area contributed by atoms with Gasteiger partial charge in [0.15, 0.2) is 0 Å². The van der Waals surface area contributed by atoms with Crippen LogP contribution in [0.3, 0.4) is 0 Å². The molecule has 1 aromatic rings. The van der Waals surface area contributed by atoms with Crippen LogP contribution in [0.5, 0.6) is 5.75 Å². The number of ether oxygens (including phenoxy) is 1. The summed E-state index contributed by atoms with van der Waals surface area (Å²) in [5.74, 6) is -1.22. The van der Waals surface area contributed by atoms with Crippen molar-refractivity contribution in [2.75, 3.05) is 0 Å². The molecule has 0 fully saturated rings. The second-order valence-electron chi connectivity index (χ2n) is 2.23. The van der Waals surface area contributed by atoms with Crippen LogP contribution in [0.1, 0.15) is 0 Å². The van der Waals surface area contributed by atoms with Crippen LogP contribution in [0.4, 0.5) is 18.9 Å². The topological polar surface area (TPSA) is 38.7 Å². The van der Waals surface area contributed by atoms with Gasteiger partial charge in [-0.3, -0.25) is 0 Å². The maximum absolute atomic E-state index is 12.7. The van der Waals surface area contributed by atoms with E-state index in [4.69, 9.17) is 0 Å². The lowest BCUT2D eigenvalue weighted by molar-refractivity contribution is -0.0499. The zero-order chi connectivity index (χ0) is 10.6. The standard InChI is InChI=1S/C8H4F3NO2/c9-5-1-6(12-4-13)3-7(2-5)14-8(10)11/h1-3,8H. The van der Waals surface area contributed by atoms with Gasteiger partial charge >= 0.3 is 6.61 Å². The smallest absolute Gasteiger partial charge is 0.387 e. The summed E-state index contributed by atoms with van der Waals surface area (Å²) in [7, 11) is 0. The van der Waals surface area contributed by atoms with Gasteiger partial charge in [0, 0.05) is 18.2 Å². The maximum atomic E-state index is 12.7. The third kappa shape index (κ3) is 2.91. The summed E-state index contributed by atoms with van der Waals surface area (Å²) in [6.07, 6.45) is 1.16. The van der Waals surface area contributed by atoms with Gasteiger partial charge in [-0.1, -0.05) is 0 Å². The zero-order valence-corrected chi connectivity index (χ0v) is 6.71. The van der Waals surface area contributed by atoms with E-state index in [1.54, 1.807) is 0 Å². The fourth-order valence-electron chi connectivity index (χ4n) is 0.836. The van der Waals surface area contributed by atoms with Crippen LogP contribution in [-0.4, -0.2) is 12.7 Å². The summed E-state index contributed by atoms with van der Waals surface area (Å²) in [6, 6.07) is 2.65. The van der Waals surface area contributed by atoms with Gasteiger partial charge in [-0.2, -0.15) is 13.8 Å². The Morgan fingerprint density at radius 1 is 1.36 bits per heavy atom. The Balaban J connectivity index is 3.00. The van der Waals surface area contributed by atoms with Gasteiger partial charge in [0.1, 0.15) is 11.6 Å². The van der Waals surface area contributed by atoms with E-state index in [0.29, 0.717) is 0 Å². The highest BCUT2D eigenvalue weighted by molar-refractivity contribution is 5.51. The first-order valence-electron chi connectivity index (χ1n) is 3.45. The molecule has 0 heterocycles. The first-order chi connectivity index (χ1) is 6.61. The van der Waals surface area contributed by atoms with Crippen molar-refractivity contribution < 1.29 is 22.7 Å². The van der Waals surface area contributed by atoms with E-state index < -0.39 is 18.2 Å². The monoisotopic (exact) mass is 203 g/mol. The van der Waals surface area contributed by atoms with Crippen molar-refractivity contribution in [2.45, 2.75) is 6.61 Å². The van der Waals surface area contributed by atoms with Crippen molar-refractivity contribution >= 4 is 11.8 Å². The number of alkyl halides is 2. The second-order valence-corrected chi connectivity index (χ2v) is 2.23. The van der Waals surface area contributed by atoms with Crippen LogP contribution < -0.4 is 4.74 Å². The molecule has 0 unspecified atom stereocenters. The predicted octanol–water partition coefficient (Wildman–Crippen LogP) is 2.39. The Bertz CT molecular complexity index is 375. The largest absolute Gasteiger partial charge is 0.435 e. The van der Waals surface area contributed by atoms with Crippen LogP contribution in [-0.2, 0) is 4.79 Å². The molecule has 1 rings (SSSR count). The number of nitrogens with zero attached hydrogens (tertiary/aromatic N) is 1. The molecular formula is C8H4F3NO2. The van der Waals surface area contributed by atoms with E-state index >= 15 is 0 Å². The van der Waals surface area contributed by atoms with Crippen molar-refractivity contribution in [1.29, 1.82) is 0 Å². The number of halogens is 3. The van der Waals surface area contributed by atoms with Crippen molar-refractivity contribution in [1.82, 2.24) is 0 Å². The normalized spacial score (nSPS) is 9.71. The van der Waals surface area contributed by atoms with Gasteiger partial charge in [0.25, 0.3) is 0 Å². The van der Waals surface area contributed by atoms with Crippen LogP contribution in [0.2, 0.25) is 0 Å². The van der Waals surface area contributed by atoms with Gasteiger partial charge in [0.05, 0.1) is 5.69 Å². The van der Waals surface area contributed by atoms with Gasteiger partial charge in [0.2, 0.25) is 6.08 Å². The number of aliphatic imine (C=N–C) groups is 1. The fourth-order valence-corrected chi connectivity index (χ4v) is 0.836. The quantitative estimate of drug-likeness (QED) is 0.558. The molecule has 0 bridgehead atoms. The van der Waals surface area contributed by atoms with Crippen molar-refractivity contribution in [3.8, 4) is 5.75 Å². The zero-order valence-electron chi connectivity index (χ0n) is 6.71. The SMILES string of the molecule is O=C=Nc1cc(F)cc(OC(F)F)c1. The molecule has 6 heteroatoms. The highest BCUT2D eigenvalue weighted by Gasteiger charge is 2.06. The van der Waals surface area contributed by atoms with E-state index in [1.807, 2.05) is 0 Å². The Labute approximate surface area is 76.8 Å². The summed E-state index contributed by atoms with van der Waals surface area (Å²) < 4.78 is 40.0. The Morgan fingerprint density at radius 3 is 2.64 bits per heavy atom. The molecule has 3 nitrogen and oxygen atoms in total. The van der Waals surface area contributed by atoms with Crippen molar-refractivity contribution in [3.05, 3.63) is 24.0 Å². The maximum Gasteiger partial charge on any atom is 0.387 e. The first kappa shape index (κ1) is 10.3. The number of hydrogen-bond donors (Lipinski definition) is 0. The van der Waals surface area contributed by atoms with Gasteiger partial charge in [-0.15, -0.1) is 0 Å². The molecule has 0 aliphatic rings. The van der Waals surface area contributed by atoms with Crippen molar-refractivity contribution in [3.63, 3.8) is 0 Å². The minimum absolute atomic E-state index is 0.129. The average molecular weight is 203 g/mol. The fraction of sp³-hybridized carbons (Fsp3) is 0.125. The molecule has 0 saturated heterocycles. The van der Waals surface area contributed by atoms with Crippen molar-refractivity contribution in [2.24, 2.45) is 4.99 Å². The van der Waals surface area contributed by atoms with Gasteiger partial charge < -0.3 is 4.74 Å². The van der Waals surface area contributed by atoms with Crippen LogP contribution in [0.15, 0.2) is 23.2 Å². The number of hydrogen-bond acceptors (Lipinski definition) is 3. The summed E-state index contributed by atoms with van der Waals surface area (Å²) in [5.41, 5.74) is -0.129. The molecule has 0 aliphatic heterocycles. The summed E-state index contributed by atoms with van der Waals surface area (Å²) >= 11 is 0. The second kappa shape index (κ2) is 4.43. The molecule has 0 saturated carbocycles. The minimum Gasteiger partial charge on any atom is -0.435 e. The third-order valence-electron chi connectivity index (χ3n) is 1.26. The van der Waals surface area contributed by atoms with Gasteiger partial charge in [-0.25, -0.2) is 9.18 Å². The molecule has 0 aromatic heterocycles. The molecule has 0 radical (unpaired) electrons. The van der Waals surface area contributed by atoms with Crippen LogP contribution in [0, 0.1) is 5.82 Å². The lowest BCUT2D eigenvalue weighted by Gasteiger charge is -2.04. The molecule has 0 atom stereocenters. The highest BCUT2D eigenvalue weighted by Crippen LogP contribution is 2.23. The molecule has 1 aromatic carbocycles. The summed E-state index contributed by atoms with van der Waals surface area (Å²) in [4.78, 5) is 12.9. The molecule has 14 heavy (non-hydrogen) atoms. The molecule has 0 aliphatic carbocycles. The van der Waals surface area contributed by atoms with E-state index in [2.05, 4.69) is 9.73 Å². The molecule has 0 spiro atoms. The molecule has 74 valence electrons. The summed E-state index contributed by atoms with van der Waals surface area (Å²) in [6.45, 7) is -3.05. The van der Waals surface area contributed by atoms with E-state index in [9.17, 15) is 18.0 Å². The van der Waals surface area contributed by atoms with Crippen LogP contribution in [0.25, 0.3) is 0 Å². The van der Waals surface area contributed by atoms with E-state index in [-0.39, 0.29) is 5.69 Å². The number of isocyanates is 1. The summed E-state index contributed by atoms with van der Waals surface area (Å²) in [5, 5.41) is 0. The molecule has 0 N–H and O–H groups in total. The number of rotatable bonds is 3. The number of benzene rings is 1. The Hall–Kier alpha value is -1.81. The lowest BCUT2D eigenvalue weighted by Crippen LogP contribution is -2.01. The Morgan fingerprint density at radius 2 is 2.07 bits per heavy atom. The van der Waals surface area contributed by atoms with E-state index in [0.717, 1.165) is 24.3 Å². The molecular weight excluding hydrogens is 199 g/mol. The first-order valence-corrected chi connectivity index (χ1v) is 3.45. The van der Waals surface area contributed by atoms with Gasteiger partial charge in [-0.05, 0) is 0 Å². The van der Waals surface area contributed by atoms with E-state index in [1.165, 1.54) is 0 Å². The Kier molecular flexibility index (Phi) is 3.25. The minimum atomic E-state index is -3.05. The van der Waals surface area contributed by atoms with Crippen LogP contribution >= 0.6 is 0 Å². The predicted molar refractivity (Wildman–Crippen MR) is 40.8 cm³/mol. The highest BCUT2D eigenvalue weighted by atomic mass is 19.3. The lowest BCUT2D eigenvalue weighted by atomic mass is 10.3. The molecule has 0 amide bonds.